The highest BCUT2D eigenvalue weighted by Crippen LogP contribution is 2.27. The Balaban J connectivity index is 1.80. The first-order chi connectivity index (χ1) is 8.31. The van der Waals surface area contributed by atoms with E-state index in [1.807, 2.05) is 0 Å². The van der Waals surface area contributed by atoms with E-state index in [1.54, 1.807) is 6.07 Å². The van der Waals surface area contributed by atoms with Crippen LogP contribution in [0.15, 0.2) is 18.2 Å². The maximum absolute atomic E-state index is 13.0. The molecule has 0 spiro atoms. The van der Waals surface area contributed by atoms with Gasteiger partial charge in [0.15, 0.2) is 5.13 Å². The number of aromatic nitrogens is 1. The number of rotatable bonds is 2. The molecule has 5 heteroatoms. The topological polar surface area (TPSA) is 34.2 Å². The summed E-state index contributed by atoms with van der Waals surface area (Å²) in [5, 5.41) is 4.27. The molecule has 2 heterocycles. The monoisotopic (exact) mass is 252 g/mol. The van der Waals surface area contributed by atoms with Gasteiger partial charge in [0.2, 0.25) is 0 Å². The van der Waals surface area contributed by atoms with Gasteiger partial charge in [0, 0.05) is 19.3 Å². The SMILES string of the molecule is Fc1ccc2nc(NC3CCOCC3)sc2c1. The Bertz CT molecular complexity index is 522. The average molecular weight is 252 g/mol. The van der Waals surface area contributed by atoms with Crippen molar-refractivity contribution in [2.45, 2.75) is 18.9 Å². The number of nitrogens with one attached hydrogen (secondary N) is 1. The van der Waals surface area contributed by atoms with Crippen LogP contribution in [-0.2, 0) is 4.74 Å². The number of nitrogens with zero attached hydrogens (tertiary/aromatic N) is 1. The van der Waals surface area contributed by atoms with Gasteiger partial charge < -0.3 is 10.1 Å². The van der Waals surface area contributed by atoms with Crippen LogP contribution in [0.2, 0.25) is 0 Å². The quantitative estimate of drug-likeness (QED) is 0.892. The van der Waals surface area contributed by atoms with Crippen LogP contribution in [0, 0.1) is 5.82 Å². The Morgan fingerprint density at radius 1 is 1.35 bits per heavy atom. The van der Waals surface area contributed by atoms with Crippen molar-refractivity contribution in [2.24, 2.45) is 0 Å². The number of thiazole rings is 1. The summed E-state index contributed by atoms with van der Waals surface area (Å²) < 4.78 is 19.2. The second-order valence-electron chi connectivity index (χ2n) is 4.16. The number of hydrogen-bond acceptors (Lipinski definition) is 4. The maximum atomic E-state index is 13.0. The van der Waals surface area contributed by atoms with Gasteiger partial charge >= 0.3 is 0 Å². The Labute approximate surface area is 103 Å². The van der Waals surface area contributed by atoms with Crippen molar-refractivity contribution in [1.29, 1.82) is 0 Å². The lowest BCUT2D eigenvalue weighted by molar-refractivity contribution is 0.0904. The largest absolute Gasteiger partial charge is 0.381 e. The first-order valence-corrected chi connectivity index (χ1v) is 6.53. The highest BCUT2D eigenvalue weighted by atomic mass is 32.1. The first kappa shape index (κ1) is 10.9. The van der Waals surface area contributed by atoms with E-state index in [9.17, 15) is 4.39 Å². The molecule has 3 nitrogen and oxygen atoms in total. The summed E-state index contributed by atoms with van der Waals surface area (Å²) in [5.74, 6) is -0.209. The predicted molar refractivity (Wildman–Crippen MR) is 67.0 cm³/mol. The van der Waals surface area contributed by atoms with Gasteiger partial charge in [-0.3, -0.25) is 0 Å². The summed E-state index contributed by atoms with van der Waals surface area (Å²) in [5.41, 5.74) is 0.853. The maximum Gasteiger partial charge on any atom is 0.184 e. The molecule has 0 aliphatic carbocycles. The van der Waals surface area contributed by atoms with Gasteiger partial charge in [-0.05, 0) is 31.0 Å². The third-order valence-electron chi connectivity index (χ3n) is 2.90. The number of fused-ring (bicyclic) bond motifs is 1. The summed E-state index contributed by atoms with van der Waals surface area (Å²) in [7, 11) is 0. The van der Waals surface area contributed by atoms with E-state index in [0.29, 0.717) is 6.04 Å². The third-order valence-corrected chi connectivity index (χ3v) is 3.85. The van der Waals surface area contributed by atoms with Gasteiger partial charge in [-0.1, -0.05) is 11.3 Å². The molecule has 1 aromatic carbocycles. The van der Waals surface area contributed by atoms with Crippen LogP contribution in [0.5, 0.6) is 0 Å². The summed E-state index contributed by atoms with van der Waals surface area (Å²) in [6.45, 7) is 1.61. The van der Waals surface area contributed by atoms with Crippen LogP contribution < -0.4 is 5.32 Å². The molecule has 3 rings (SSSR count). The lowest BCUT2D eigenvalue weighted by Crippen LogP contribution is -2.27. The summed E-state index contributed by atoms with van der Waals surface area (Å²) in [4.78, 5) is 4.45. The second kappa shape index (κ2) is 4.58. The van der Waals surface area contributed by atoms with Crippen molar-refractivity contribution < 1.29 is 9.13 Å². The van der Waals surface area contributed by atoms with Crippen LogP contribution in [0.3, 0.4) is 0 Å². The van der Waals surface area contributed by atoms with E-state index in [-0.39, 0.29) is 5.82 Å². The standard InChI is InChI=1S/C12H13FN2OS/c13-8-1-2-10-11(7-8)17-12(15-10)14-9-3-5-16-6-4-9/h1-2,7,9H,3-6H2,(H,14,15). The minimum Gasteiger partial charge on any atom is -0.381 e. The molecule has 0 amide bonds. The molecule has 0 atom stereocenters. The van der Waals surface area contributed by atoms with Gasteiger partial charge in [-0.25, -0.2) is 9.37 Å². The fourth-order valence-electron chi connectivity index (χ4n) is 1.98. The van der Waals surface area contributed by atoms with Crippen molar-refractivity contribution >= 4 is 26.7 Å². The minimum atomic E-state index is -0.209. The van der Waals surface area contributed by atoms with E-state index >= 15 is 0 Å². The van der Waals surface area contributed by atoms with Gasteiger partial charge in [-0.2, -0.15) is 0 Å². The Morgan fingerprint density at radius 3 is 3.00 bits per heavy atom. The fourth-order valence-corrected chi connectivity index (χ4v) is 2.94. The molecule has 1 aliphatic rings. The van der Waals surface area contributed by atoms with Gasteiger partial charge in [-0.15, -0.1) is 0 Å². The highest BCUT2D eigenvalue weighted by molar-refractivity contribution is 7.22. The zero-order valence-corrected chi connectivity index (χ0v) is 10.1. The summed E-state index contributed by atoms with van der Waals surface area (Å²) in [6.07, 6.45) is 2.01. The van der Waals surface area contributed by atoms with Crippen LogP contribution in [0.25, 0.3) is 10.2 Å². The smallest absolute Gasteiger partial charge is 0.184 e. The molecule has 90 valence electrons. The molecule has 2 aromatic rings. The zero-order valence-electron chi connectivity index (χ0n) is 9.28. The third kappa shape index (κ3) is 2.40. The van der Waals surface area contributed by atoms with Crippen molar-refractivity contribution in [3.63, 3.8) is 0 Å². The van der Waals surface area contributed by atoms with E-state index in [1.165, 1.54) is 23.5 Å². The molecule has 0 unspecified atom stereocenters. The number of anilines is 1. The Kier molecular flexibility index (Phi) is 2.94. The highest BCUT2D eigenvalue weighted by Gasteiger charge is 2.15. The van der Waals surface area contributed by atoms with Gasteiger partial charge in [0.25, 0.3) is 0 Å². The molecule has 1 aromatic heterocycles. The minimum absolute atomic E-state index is 0.209. The lowest BCUT2D eigenvalue weighted by atomic mass is 10.1. The van der Waals surface area contributed by atoms with E-state index in [4.69, 9.17) is 4.74 Å². The summed E-state index contributed by atoms with van der Waals surface area (Å²) in [6, 6.07) is 5.12. The van der Waals surface area contributed by atoms with Crippen LogP contribution >= 0.6 is 11.3 Å². The number of ether oxygens (including phenoxy) is 1. The summed E-state index contributed by atoms with van der Waals surface area (Å²) >= 11 is 1.50. The molecular formula is C12H13FN2OS. The molecule has 0 radical (unpaired) electrons. The van der Waals surface area contributed by atoms with Crippen LogP contribution in [0.4, 0.5) is 9.52 Å². The average Bonchev–Trinajstić information content (AvgIpc) is 2.71. The van der Waals surface area contributed by atoms with Gasteiger partial charge in [0.05, 0.1) is 10.2 Å². The van der Waals surface area contributed by atoms with E-state index in [2.05, 4.69) is 10.3 Å². The van der Waals surface area contributed by atoms with Crippen molar-refractivity contribution in [3.8, 4) is 0 Å². The van der Waals surface area contributed by atoms with Crippen molar-refractivity contribution in [2.75, 3.05) is 18.5 Å². The zero-order chi connectivity index (χ0) is 11.7. The molecule has 1 fully saturated rings. The second-order valence-corrected chi connectivity index (χ2v) is 5.19. The molecule has 1 aliphatic heterocycles. The first-order valence-electron chi connectivity index (χ1n) is 5.71. The number of hydrogen-bond donors (Lipinski definition) is 1. The van der Waals surface area contributed by atoms with Gasteiger partial charge in [0.1, 0.15) is 5.82 Å². The Hall–Kier alpha value is -1.20. The fraction of sp³-hybridized carbons (Fsp3) is 0.417. The molecule has 1 saturated heterocycles. The van der Waals surface area contributed by atoms with E-state index in [0.717, 1.165) is 41.4 Å². The van der Waals surface area contributed by atoms with E-state index < -0.39 is 0 Å². The molecule has 0 bridgehead atoms. The Morgan fingerprint density at radius 2 is 2.18 bits per heavy atom. The van der Waals surface area contributed by atoms with Crippen LogP contribution in [0.1, 0.15) is 12.8 Å². The lowest BCUT2D eigenvalue weighted by Gasteiger charge is -2.22. The number of halogens is 1. The molecular weight excluding hydrogens is 239 g/mol. The molecule has 17 heavy (non-hydrogen) atoms. The molecule has 1 N–H and O–H groups in total. The van der Waals surface area contributed by atoms with Crippen molar-refractivity contribution in [1.82, 2.24) is 4.98 Å². The normalized spacial score (nSPS) is 17.5. The number of benzene rings is 1. The van der Waals surface area contributed by atoms with Crippen molar-refractivity contribution in [3.05, 3.63) is 24.0 Å². The molecule has 0 saturated carbocycles. The van der Waals surface area contributed by atoms with Crippen LogP contribution in [-0.4, -0.2) is 24.2 Å². The predicted octanol–water partition coefficient (Wildman–Crippen LogP) is 3.03.